The number of hydrogen-bond acceptors (Lipinski definition) is 7. The van der Waals surface area contributed by atoms with Crippen LogP contribution in [-0.2, 0) is 6.54 Å². The molecule has 1 aromatic heterocycles. The number of carbonyl (C=O) groups excluding carboxylic acids is 1. The molecule has 202 valence electrons. The highest BCUT2D eigenvalue weighted by atomic mass is 35.5. The number of benzene rings is 2. The van der Waals surface area contributed by atoms with Gasteiger partial charge in [-0.3, -0.25) is 14.4 Å². The first-order chi connectivity index (χ1) is 18.4. The topological polar surface area (TPSA) is 101 Å². The highest BCUT2D eigenvalue weighted by Crippen LogP contribution is 2.41. The van der Waals surface area contributed by atoms with E-state index in [2.05, 4.69) is 10.6 Å². The number of fused-ring (bicyclic) bond motifs is 1. The molecule has 5 rings (SSSR count). The number of hydrogen-bond donors (Lipinski definition) is 2. The fourth-order valence-corrected chi connectivity index (χ4v) is 4.98. The lowest BCUT2D eigenvalue weighted by atomic mass is 9.85. The summed E-state index contributed by atoms with van der Waals surface area (Å²) in [5.41, 5.74) is -0.659. The van der Waals surface area contributed by atoms with Gasteiger partial charge in [-0.2, -0.15) is 0 Å². The molecule has 0 bridgehead atoms. The van der Waals surface area contributed by atoms with Crippen LogP contribution in [0.15, 0.2) is 56.5 Å². The van der Waals surface area contributed by atoms with Crippen LogP contribution in [0.5, 0.6) is 5.75 Å². The van der Waals surface area contributed by atoms with E-state index in [-0.39, 0.29) is 40.3 Å². The number of halogens is 2. The summed E-state index contributed by atoms with van der Waals surface area (Å²) in [7, 11) is 1.45. The summed E-state index contributed by atoms with van der Waals surface area (Å²) in [5, 5.41) is 6.49. The van der Waals surface area contributed by atoms with Gasteiger partial charge >= 0.3 is 0 Å². The summed E-state index contributed by atoms with van der Waals surface area (Å²) < 4.78 is 25.7. The van der Waals surface area contributed by atoms with Crippen molar-refractivity contribution in [1.82, 2.24) is 0 Å². The van der Waals surface area contributed by atoms with Gasteiger partial charge in [-0.15, -0.1) is 0 Å². The largest absolute Gasteiger partial charge is 0.497 e. The van der Waals surface area contributed by atoms with Crippen LogP contribution in [-0.4, -0.2) is 13.0 Å². The number of amides is 1. The SMILES string of the molecule is COc1ccc(F)c(N2Cc3c(Cl)ccc(Nc4c(N[C@@H](c5ccc(C)o5)C(C)(C)C)c(=O)c4=O)c3C2=O)c1. The lowest BCUT2D eigenvalue weighted by Gasteiger charge is -2.31. The molecule has 1 amide bonds. The molecule has 10 heteroatoms. The first kappa shape index (κ1) is 26.5. The molecule has 3 aromatic carbocycles. The molecule has 2 N–H and O–H groups in total. The fraction of sp³-hybridized carbons (Fsp3) is 0.276. The van der Waals surface area contributed by atoms with Crippen LogP contribution >= 0.6 is 11.6 Å². The molecule has 0 radical (unpaired) electrons. The average molecular weight is 552 g/mol. The molecule has 0 saturated heterocycles. The first-order valence-electron chi connectivity index (χ1n) is 12.3. The Morgan fingerprint density at radius 3 is 2.41 bits per heavy atom. The maximum atomic E-state index is 14.7. The molecule has 0 saturated carbocycles. The van der Waals surface area contributed by atoms with Crippen molar-refractivity contribution in [1.29, 1.82) is 0 Å². The Morgan fingerprint density at radius 2 is 1.77 bits per heavy atom. The van der Waals surface area contributed by atoms with Crippen molar-refractivity contribution in [2.24, 2.45) is 5.41 Å². The standard InChI is InChI=1S/C29H27ClFN3O5/c1-14-6-11-21(39-14)27(29(2,3)4)33-24-23(25(35)26(24)36)32-19-10-8-17(30)16-13-34(28(37)22(16)19)20-12-15(38-5)7-9-18(20)31/h6-12,27,32-33H,13H2,1-5H3/t27-/m0/s1. The Hall–Kier alpha value is -4.11. The zero-order valence-electron chi connectivity index (χ0n) is 22.1. The highest BCUT2D eigenvalue weighted by Gasteiger charge is 2.37. The third-order valence-corrected chi connectivity index (χ3v) is 7.20. The Kier molecular flexibility index (Phi) is 6.50. The Balaban J connectivity index is 1.50. The molecule has 0 unspecified atom stereocenters. The van der Waals surface area contributed by atoms with Gasteiger partial charge in [0.15, 0.2) is 0 Å². The van der Waals surface area contributed by atoms with Crippen molar-refractivity contribution in [3.63, 3.8) is 0 Å². The summed E-state index contributed by atoms with van der Waals surface area (Å²) >= 11 is 6.43. The highest BCUT2D eigenvalue weighted by molar-refractivity contribution is 6.33. The third kappa shape index (κ3) is 4.57. The van der Waals surface area contributed by atoms with E-state index in [9.17, 15) is 18.8 Å². The maximum Gasteiger partial charge on any atom is 0.261 e. The van der Waals surface area contributed by atoms with E-state index in [0.717, 1.165) is 5.76 Å². The van der Waals surface area contributed by atoms with Gasteiger partial charge in [-0.05, 0) is 48.7 Å². The number of methoxy groups -OCH3 is 1. The van der Waals surface area contributed by atoms with Crippen LogP contribution in [0.2, 0.25) is 5.02 Å². The molecule has 1 atom stereocenters. The predicted molar refractivity (Wildman–Crippen MR) is 149 cm³/mol. The number of ether oxygens (including phenoxy) is 1. The lowest BCUT2D eigenvalue weighted by molar-refractivity contribution is 0.0996. The molecule has 0 spiro atoms. The predicted octanol–water partition coefficient (Wildman–Crippen LogP) is 6.09. The quantitative estimate of drug-likeness (QED) is 0.268. The summed E-state index contributed by atoms with van der Waals surface area (Å²) in [6.45, 7) is 7.80. The molecule has 39 heavy (non-hydrogen) atoms. The van der Waals surface area contributed by atoms with Crippen LogP contribution in [0.3, 0.4) is 0 Å². The smallest absolute Gasteiger partial charge is 0.261 e. The second-order valence-electron chi connectivity index (χ2n) is 10.6. The second-order valence-corrected chi connectivity index (χ2v) is 11.0. The minimum absolute atomic E-state index is 0.0214. The van der Waals surface area contributed by atoms with Crippen molar-refractivity contribution in [2.75, 3.05) is 22.6 Å². The molecular weight excluding hydrogens is 525 g/mol. The van der Waals surface area contributed by atoms with Crippen molar-refractivity contribution in [3.05, 3.63) is 96.4 Å². The van der Waals surface area contributed by atoms with Crippen molar-refractivity contribution >= 4 is 40.3 Å². The van der Waals surface area contributed by atoms with Gasteiger partial charge in [0.25, 0.3) is 16.8 Å². The summed E-state index contributed by atoms with van der Waals surface area (Å²) in [5.74, 6) is 0.625. The van der Waals surface area contributed by atoms with E-state index in [4.69, 9.17) is 20.8 Å². The lowest BCUT2D eigenvalue weighted by Crippen LogP contribution is -2.39. The third-order valence-electron chi connectivity index (χ3n) is 6.85. The van der Waals surface area contributed by atoms with Crippen LogP contribution < -0.4 is 31.1 Å². The normalized spacial score (nSPS) is 14.0. The zero-order chi connectivity index (χ0) is 28.2. The number of carbonyl (C=O) groups is 1. The monoisotopic (exact) mass is 551 g/mol. The van der Waals surface area contributed by atoms with Crippen LogP contribution in [0.25, 0.3) is 0 Å². The molecule has 4 aromatic rings. The molecule has 8 nitrogen and oxygen atoms in total. The molecule has 0 aliphatic carbocycles. The van der Waals surface area contributed by atoms with Crippen molar-refractivity contribution in [3.8, 4) is 5.75 Å². The minimum atomic E-state index is -0.717. The van der Waals surface area contributed by atoms with Gasteiger partial charge in [0.2, 0.25) is 0 Å². The Labute approximate surface area is 229 Å². The van der Waals surface area contributed by atoms with Gasteiger partial charge < -0.3 is 24.7 Å². The number of furan rings is 1. The van der Waals surface area contributed by atoms with Gasteiger partial charge in [-0.25, -0.2) is 4.39 Å². The average Bonchev–Trinajstić information content (AvgIpc) is 3.47. The fourth-order valence-electron chi connectivity index (χ4n) is 4.76. The number of aryl methyl sites for hydroxylation is 1. The number of rotatable bonds is 7. The number of nitrogens with zero attached hydrogens (tertiary/aromatic N) is 1. The van der Waals surface area contributed by atoms with Crippen molar-refractivity contribution < 1.29 is 18.3 Å². The number of anilines is 4. The second kappa shape index (κ2) is 9.57. The Morgan fingerprint density at radius 1 is 1.05 bits per heavy atom. The molecule has 1 aliphatic heterocycles. The molecule has 2 heterocycles. The van der Waals surface area contributed by atoms with Crippen molar-refractivity contribution in [2.45, 2.75) is 40.3 Å². The summed E-state index contributed by atoms with van der Waals surface area (Å²) in [6, 6.07) is 10.5. The van der Waals surface area contributed by atoms with Gasteiger partial charge in [0, 0.05) is 16.7 Å². The van der Waals surface area contributed by atoms with Gasteiger partial charge in [0.1, 0.15) is 34.5 Å². The van der Waals surface area contributed by atoms with Crippen LogP contribution in [0.4, 0.5) is 27.1 Å². The minimum Gasteiger partial charge on any atom is -0.497 e. The number of nitrogens with one attached hydrogen (secondary N) is 2. The molecule has 1 aliphatic rings. The van der Waals surface area contributed by atoms with Gasteiger partial charge in [0.05, 0.1) is 36.6 Å². The summed E-state index contributed by atoms with van der Waals surface area (Å²) in [4.78, 5) is 40.2. The van der Waals surface area contributed by atoms with E-state index in [1.165, 1.54) is 30.2 Å². The van der Waals surface area contributed by atoms with Gasteiger partial charge in [-0.1, -0.05) is 32.4 Å². The van der Waals surface area contributed by atoms with Crippen LogP contribution in [0.1, 0.15) is 54.3 Å². The maximum absolute atomic E-state index is 14.7. The van der Waals surface area contributed by atoms with E-state index < -0.39 is 28.6 Å². The molecule has 0 fully saturated rings. The zero-order valence-corrected chi connectivity index (χ0v) is 22.8. The summed E-state index contributed by atoms with van der Waals surface area (Å²) in [6.07, 6.45) is 0. The first-order valence-corrected chi connectivity index (χ1v) is 12.7. The van der Waals surface area contributed by atoms with E-state index in [1.807, 2.05) is 39.8 Å². The van der Waals surface area contributed by atoms with E-state index in [1.54, 1.807) is 12.1 Å². The Bertz CT molecular complexity index is 1680. The van der Waals surface area contributed by atoms with Crippen LogP contribution in [0, 0.1) is 18.2 Å². The van der Waals surface area contributed by atoms with E-state index in [0.29, 0.717) is 22.1 Å². The molecular formula is C29H27ClFN3O5. The van der Waals surface area contributed by atoms with E-state index >= 15 is 0 Å².